The van der Waals surface area contributed by atoms with Crippen LogP contribution < -0.4 is 10.1 Å². The van der Waals surface area contributed by atoms with Crippen LogP contribution in [-0.2, 0) is 4.79 Å². The highest BCUT2D eigenvalue weighted by Gasteiger charge is 2.20. The van der Waals surface area contributed by atoms with Crippen LogP contribution in [0.3, 0.4) is 0 Å². The van der Waals surface area contributed by atoms with Gasteiger partial charge in [0.2, 0.25) is 0 Å². The molecule has 0 aromatic heterocycles. The van der Waals surface area contributed by atoms with E-state index in [0.29, 0.717) is 6.07 Å². The molecule has 0 radical (unpaired) electrons. The summed E-state index contributed by atoms with van der Waals surface area (Å²) in [6.45, 7) is 1.41. The lowest BCUT2D eigenvalue weighted by molar-refractivity contribution is -0.122. The summed E-state index contributed by atoms with van der Waals surface area (Å²) in [7, 11) is 0. The smallest absolute Gasteiger partial charge is 0.265 e. The molecule has 0 spiro atoms. The molecule has 1 N–H and O–H groups in total. The van der Waals surface area contributed by atoms with Gasteiger partial charge in [-0.3, -0.25) is 4.79 Å². The summed E-state index contributed by atoms with van der Waals surface area (Å²) >= 11 is 9.19. The van der Waals surface area contributed by atoms with Gasteiger partial charge in [-0.15, -0.1) is 0 Å². The zero-order valence-electron chi connectivity index (χ0n) is 11.7. The minimum Gasteiger partial charge on any atom is -0.479 e. The minimum absolute atomic E-state index is 0.253. The number of anilines is 1. The number of carbonyl (C=O) groups excluding carboxylic acids is 1. The molecule has 0 heterocycles. The van der Waals surface area contributed by atoms with E-state index in [4.69, 9.17) is 16.3 Å². The van der Waals surface area contributed by atoms with Gasteiger partial charge in [0.25, 0.3) is 5.91 Å². The van der Waals surface area contributed by atoms with Crippen molar-refractivity contribution in [1.82, 2.24) is 0 Å². The molecule has 1 atom stereocenters. The Bertz CT molecular complexity index is 758. The highest BCUT2D eigenvalue weighted by Crippen LogP contribution is 2.28. The third kappa shape index (κ3) is 4.17. The highest BCUT2D eigenvalue weighted by atomic mass is 79.9. The summed E-state index contributed by atoms with van der Waals surface area (Å²) in [4.78, 5) is 12.0. The van der Waals surface area contributed by atoms with Gasteiger partial charge in [-0.25, -0.2) is 13.2 Å². The van der Waals surface area contributed by atoms with E-state index < -0.39 is 35.2 Å². The molecule has 0 bridgehead atoms. The van der Waals surface area contributed by atoms with Gasteiger partial charge in [-0.05, 0) is 37.3 Å². The first kappa shape index (κ1) is 17.6. The predicted octanol–water partition coefficient (Wildman–Crippen LogP) is 4.93. The lowest BCUT2D eigenvalue weighted by atomic mass is 10.2. The summed E-state index contributed by atoms with van der Waals surface area (Å²) in [5.41, 5.74) is -0.480. The number of nitrogens with one attached hydrogen (secondary N) is 1. The average molecular weight is 409 g/mol. The molecule has 0 aliphatic rings. The first-order chi connectivity index (χ1) is 10.8. The van der Waals surface area contributed by atoms with Gasteiger partial charge in [0.05, 0.1) is 10.7 Å². The van der Waals surface area contributed by atoms with Crippen LogP contribution in [0.5, 0.6) is 5.75 Å². The standard InChI is InChI=1S/C15H10BrClF3NO2/c1-7(23-12-5-2-8(16)6-9(12)17)15(22)21-11-4-3-10(18)13(19)14(11)20/h2-7H,1H3,(H,21,22). The molecule has 0 aliphatic carbocycles. The van der Waals surface area contributed by atoms with Crippen LogP contribution in [0.1, 0.15) is 6.92 Å². The van der Waals surface area contributed by atoms with E-state index in [1.54, 1.807) is 18.2 Å². The van der Waals surface area contributed by atoms with Gasteiger partial charge in [0, 0.05) is 4.47 Å². The Hall–Kier alpha value is -1.73. The number of benzene rings is 2. The molecule has 0 saturated heterocycles. The third-order valence-electron chi connectivity index (χ3n) is 2.86. The lowest BCUT2D eigenvalue weighted by Gasteiger charge is -2.16. The molecule has 1 amide bonds. The van der Waals surface area contributed by atoms with Crippen molar-refractivity contribution in [2.24, 2.45) is 0 Å². The van der Waals surface area contributed by atoms with Crippen molar-refractivity contribution >= 4 is 39.1 Å². The van der Waals surface area contributed by atoms with E-state index in [2.05, 4.69) is 21.2 Å². The first-order valence-corrected chi connectivity index (χ1v) is 7.52. The Balaban J connectivity index is 2.10. The summed E-state index contributed by atoms with van der Waals surface area (Å²) in [5, 5.41) is 2.41. The number of amides is 1. The second-order valence-corrected chi connectivity index (χ2v) is 5.87. The zero-order chi connectivity index (χ0) is 17.1. The van der Waals surface area contributed by atoms with Gasteiger partial charge < -0.3 is 10.1 Å². The average Bonchev–Trinajstić information content (AvgIpc) is 2.50. The first-order valence-electron chi connectivity index (χ1n) is 6.35. The fourth-order valence-electron chi connectivity index (χ4n) is 1.67. The van der Waals surface area contributed by atoms with Crippen LogP contribution in [0.2, 0.25) is 5.02 Å². The molecule has 0 aliphatic heterocycles. The van der Waals surface area contributed by atoms with Crippen LogP contribution in [0.4, 0.5) is 18.9 Å². The van der Waals surface area contributed by atoms with Crippen LogP contribution >= 0.6 is 27.5 Å². The molecule has 0 saturated carbocycles. The third-order valence-corrected chi connectivity index (χ3v) is 3.65. The maximum Gasteiger partial charge on any atom is 0.265 e. The molecule has 2 rings (SSSR count). The summed E-state index contributed by atoms with van der Waals surface area (Å²) < 4.78 is 45.6. The zero-order valence-corrected chi connectivity index (χ0v) is 14.0. The van der Waals surface area contributed by atoms with Gasteiger partial charge >= 0.3 is 0 Å². The van der Waals surface area contributed by atoms with Crippen molar-refractivity contribution < 1.29 is 22.7 Å². The molecule has 122 valence electrons. The monoisotopic (exact) mass is 407 g/mol. The van der Waals surface area contributed by atoms with Crippen molar-refractivity contribution in [3.8, 4) is 5.75 Å². The van der Waals surface area contributed by atoms with Gasteiger partial charge in [0.1, 0.15) is 5.75 Å². The van der Waals surface area contributed by atoms with Crippen LogP contribution in [0, 0.1) is 17.5 Å². The number of ether oxygens (including phenoxy) is 1. The van der Waals surface area contributed by atoms with E-state index in [-0.39, 0.29) is 10.8 Å². The number of carbonyl (C=O) groups is 1. The van der Waals surface area contributed by atoms with Crippen LogP contribution in [0.15, 0.2) is 34.8 Å². The Labute approximate surface area is 143 Å². The van der Waals surface area contributed by atoms with Crippen molar-refractivity contribution in [2.75, 3.05) is 5.32 Å². The fraction of sp³-hybridized carbons (Fsp3) is 0.133. The van der Waals surface area contributed by atoms with E-state index in [9.17, 15) is 18.0 Å². The van der Waals surface area contributed by atoms with Crippen LogP contribution in [0.25, 0.3) is 0 Å². The predicted molar refractivity (Wildman–Crippen MR) is 84.2 cm³/mol. The number of hydrogen-bond donors (Lipinski definition) is 1. The number of hydrogen-bond acceptors (Lipinski definition) is 2. The second kappa shape index (κ2) is 7.23. The van der Waals surface area contributed by atoms with Gasteiger partial charge in [0.15, 0.2) is 23.6 Å². The maximum atomic E-state index is 13.5. The van der Waals surface area contributed by atoms with Crippen molar-refractivity contribution in [3.05, 3.63) is 57.3 Å². The highest BCUT2D eigenvalue weighted by molar-refractivity contribution is 9.10. The van der Waals surface area contributed by atoms with E-state index in [1.807, 2.05) is 0 Å². The second-order valence-electron chi connectivity index (χ2n) is 4.55. The molecule has 8 heteroatoms. The van der Waals surface area contributed by atoms with Crippen LogP contribution in [-0.4, -0.2) is 12.0 Å². The van der Waals surface area contributed by atoms with Crippen molar-refractivity contribution in [3.63, 3.8) is 0 Å². The molecule has 2 aromatic carbocycles. The van der Waals surface area contributed by atoms with Crippen molar-refractivity contribution in [1.29, 1.82) is 0 Å². The lowest BCUT2D eigenvalue weighted by Crippen LogP contribution is -2.30. The molecule has 23 heavy (non-hydrogen) atoms. The quantitative estimate of drug-likeness (QED) is 0.729. The topological polar surface area (TPSA) is 38.3 Å². The Morgan fingerprint density at radius 2 is 1.91 bits per heavy atom. The van der Waals surface area contributed by atoms with E-state index in [0.717, 1.165) is 10.5 Å². The fourth-order valence-corrected chi connectivity index (χ4v) is 2.39. The number of halogens is 5. The van der Waals surface area contributed by atoms with E-state index >= 15 is 0 Å². The molecule has 0 fully saturated rings. The summed E-state index contributed by atoms with van der Waals surface area (Å²) in [6.07, 6.45) is -1.04. The maximum absolute atomic E-state index is 13.5. The van der Waals surface area contributed by atoms with Gasteiger partial charge in [-0.2, -0.15) is 0 Å². The normalized spacial score (nSPS) is 11.9. The molecule has 3 nitrogen and oxygen atoms in total. The molecule has 2 aromatic rings. The largest absolute Gasteiger partial charge is 0.479 e. The number of rotatable bonds is 4. The van der Waals surface area contributed by atoms with E-state index in [1.165, 1.54) is 6.92 Å². The summed E-state index contributed by atoms with van der Waals surface area (Å²) in [6, 6.07) is 6.43. The Kier molecular flexibility index (Phi) is 5.54. The molecular formula is C15H10BrClF3NO2. The Morgan fingerprint density at radius 1 is 1.22 bits per heavy atom. The Morgan fingerprint density at radius 3 is 2.57 bits per heavy atom. The van der Waals surface area contributed by atoms with Crippen molar-refractivity contribution in [2.45, 2.75) is 13.0 Å². The van der Waals surface area contributed by atoms with Gasteiger partial charge in [-0.1, -0.05) is 27.5 Å². The SMILES string of the molecule is CC(Oc1ccc(Br)cc1Cl)C(=O)Nc1ccc(F)c(F)c1F. The molecule has 1 unspecified atom stereocenters. The summed E-state index contributed by atoms with van der Waals surface area (Å²) in [5.74, 6) is -4.97. The molecular weight excluding hydrogens is 399 g/mol. The minimum atomic E-state index is -1.66.